The van der Waals surface area contributed by atoms with Gasteiger partial charge in [-0.3, -0.25) is 0 Å². The van der Waals surface area contributed by atoms with Crippen LogP contribution in [0.4, 0.5) is 0 Å². The van der Waals surface area contributed by atoms with Crippen molar-refractivity contribution >= 4 is 0 Å². The Morgan fingerprint density at radius 2 is 1.05 bits per heavy atom. The average Bonchev–Trinajstić information content (AvgIpc) is 2.30. The zero-order valence-corrected chi connectivity index (χ0v) is 15.2. The minimum atomic E-state index is 0.420. The first-order chi connectivity index (χ1) is 8.58. The van der Waals surface area contributed by atoms with Gasteiger partial charge in [0.1, 0.15) is 0 Å². The molecule has 0 heterocycles. The SMILES string of the molecule is CCCCC(C)(C)CCC(C)(CCCC)C(C)(C)C. The lowest BCUT2D eigenvalue weighted by Crippen LogP contribution is -2.34. The monoisotopic (exact) mass is 268 g/mol. The quantitative estimate of drug-likeness (QED) is 0.414. The first kappa shape index (κ1) is 19.0. The highest BCUT2D eigenvalue weighted by molar-refractivity contribution is 4.88. The van der Waals surface area contributed by atoms with E-state index >= 15 is 0 Å². The predicted octanol–water partition coefficient (Wildman–Crippen LogP) is 7.23. The summed E-state index contributed by atoms with van der Waals surface area (Å²) in [6, 6.07) is 0. The van der Waals surface area contributed by atoms with Gasteiger partial charge in [0.25, 0.3) is 0 Å². The molecule has 0 spiro atoms. The van der Waals surface area contributed by atoms with Crippen molar-refractivity contribution in [2.45, 2.75) is 107 Å². The van der Waals surface area contributed by atoms with Crippen molar-refractivity contribution in [2.24, 2.45) is 16.2 Å². The minimum absolute atomic E-state index is 0.420. The predicted molar refractivity (Wildman–Crippen MR) is 89.6 cm³/mol. The number of hydrogen-bond donors (Lipinski definition) is 0. The maximum Gasteiger partial charge on any atom is -0.0277 e. The molecule has 0 heteroatoms. The van der Waals surface area contributed by atoms with Gasteiger partial charge in [0.05, 0.1) is 0 Å². The zero-order chi connectivity index (χ0) is 15.2. The van der Waals surface area contributed by atoms with Gasteiger partial charge in [-0.2, -0.15) is 0 Å². The lowest BCUT2D eigenvalue weighted by atomic mass is 9.61. The van der Waals surface area contributed by atoms with Crippen LogP contribution in [0, 0.1) is 16.2 Å². The van der Waals surface area contributed by atoms with Crippen molar-refractivity contribution in [2.75, 3.05) is 0 Å². The van der Waals surface area contributed by atoms with Crippen LogP contribution < -0.4 is 0 Å². The lowest BCUT2D eigenvalue weighted by Gasteiger charge is -2.44. The normalized spacial score (nSPS) is 16.4. The van der Waals surface area contributed by atoms with Crippen LogP contribution in [0.5, 0.6) is 0 Å². The summed E-state index contributed by atoms with van der Waals surface area (Å²) in [5.41, 5.74) is 1.43. The molecule has 1 atom stereocenters. The highest BCUT2D eigenvalue weighted by atomic mass is 14.4. The fraction of sp³-hybridized carbons (Fsp3) is 1.00. The van der Waals surface area contributed by atoms with Crippen LogP contribution in [0.1, 0.15) is 107 Å². The van der Waals surface area contributed by atoms with Crippen molar-refractivity contribution < 1.29 is 0 Å². The van der Waals surface area contributed by atoms with Crippen molar-refractivity contribution in [3.05, 3.63) is 0 Å². The third-order valence-electron chi connectivity index (χ3n) is 5.45. The summed E-state index contributed by atoms with van der Waals surface area (Å²) in [4.78, 5) is 0. The van der Waals surface area contributed by atoms with Crippen LogP contribution in [-0.2, 0) is 0 Å². The first-order valence-corrected chi connectivity index (χ1v) is 8.58. The third kappa shape index (κ3) is 6.82. The first-order valence-electron chi connectivity index (χ1n) is 8.58. The third-order valence-corrected chi connectivity index (χ3v) is 5.45. The molecule has 0 fully saturated rings. The molecule has 0 aromatic heterocycles. The fourth-order valence-corrected chi connectivity index (χ4v) is 2.84. The Hall–Kier alpha value is 0. The lowest BCUT2D eigenvalue weighted by molar-refractivity contribution is 0.0633. The molecule has 0 aliphatic rings. The standard InChI is InChI=1S/C19H40/c1-9-11-13-18(6,7)15-16-19(8,14-12-10-2)17(3,4)5/h9-16H2,1-8H3. The molecule has 0 aliphatic carbocycles. The Kier molecular flexibility index (Phi) is 7.70. The molecular weight excluding hydrogens is 228 g/mol. The molecule has 0 aromatic carbocycles. The molecular formula is C19H40. The Morgan fingerprint density at radius 3 is 1.47 bits per heavy atom. The van der Waals surface area contributed by atoms with Crippen LogP contribution >= 0.6 is 0 Å². The van der Waals surface area contributed by atoms with Crippen LogP contribution in [0.3, 0.4) is 0 Å². The summed E-state index contributed by atoms with van der Waals surface area (Å²) in [5, 5.41) is 0. The van der Waals surface area contributed by atoms with Crippen LogP contribution in [-0.4, -0.2) is 0 Å². The molecule has 0 bridgehead atoms. The van der Waals surface area contributed by atoms with Crippen LogP contribution in [0.15, 0.2) is 0 Å². The van der Waals surface area contributed by atoms with Crippen molar-refractivity contribution in [3.63, 3.8) is 0 Å². The highest BCUT2D eigenvalue weighted by Gasteiger charge is 2.37. The van der Waals surface area contributed by atoms with E-state index in [0.29, 0.717) is 16.2 Å². The maximum atomic E-state index is 2.53. The van der Waals surface area contributed by atoms with Crippen LogP contribution in [0.2, 0.25) is 0 Å². The number of rotatable bonds is 9. The topological polar surface area (TPSA) is 0 Å². The van der Waals surface area contributed by atoms with Gasteiger partial charge in [-0.25, -0.2) is 0 Å². The molecule has 1 unspecified atom stereocenters. The number of hydrogen-bond acceptors (Lipinski definition) is 0. The highest BCUT2D eigenvalue weighted by Crippen LogP contribution is 2.48. The Balaban J connectivity index is 4.58. The summed E-state index contributed by atoms with van der Waals surface area (Å²) in [6.07, 6.45) is 10.9. The second-order valence-electron chi connectivity index (χ2n) is 8.68. The van der Waals surface area contributed by atoms with Gasteiger partial charge in [-0.15, -0.1) is 0 Å². The molecule has 0 N–H and O–H groups in total. The van der Waals surface area contributed by atoms with Crippen LogP contribution in [0.25, 0.3) is 0 Å². The minimum Gasteiger partial charge on any atom is -0.0654 e. The summed E-state index contributed by atoms with van der Waals surface area (Å²) in [5.74, 6) is 0. The summed E-state index contributed by atoms with van der Waals surface area (Å²) in [6.45, 7) is 19.4. The van der Waals surface area contributed by atoms with Crippen molar-refractivity contribution in [1.82, 2.24) is 0 Å². The second kappa shape index (κ2) is 7.70. The Morgan fingerprint density at radius 1 is 0.579 bits per heavy atom. The van der Waals surface area contributed by atoms with Gasteiger partial charge in [0.2, 0.25) is 0 Å². The van der Waals surface area contributed by atoms with Gasteiger partial charge in [0.15, 0.2) is 0 Å². The molecule has 19 heavy (non-hydrogen) atoms. The molecule has 0 aliphatic heterocycles. The molecule has 0 aromatic rings. The Labute approximate surface area is 123 Å². The maximum absolute atomic E-state index is 2.53. The Bertz CT molecular complexity index is 231. The molecule has 0 amide bonds. The van der Waals surface area contributed by atoms with Gasteiger partial charge in [-0.05, 0) is 41.9 Å². The van der Waals surface area contributed by atoms with Gasteiger partial charge in [0, 0.05) is 0 Å². The van der Waals surface area contributed by atoms with E-state index in [9.17, 15) is 0 Å². The van der Waals surface area contributed by atoms with E-state index in [1.54, 1.807) is 0 Å². The molecule has 0 nitrogen and oxygen atoms in total. The van der Waals surface area contributed by atoms with E-state index in [1.165, 1.54) is 51.4 Å². The van der Waals surface area contributed by atoms with E-state index in [2.05, 4.69) is 55.4 Å². The van der Waals surface area contributed by atoms with Gasteiger partial charge >= 0.3 is 0 Å². The van der Waals surface area contributed by atoms with E-state index in [-0.39, 0.29) is 0 Å². The molecule has 0 radical (unpaired) electrons. The van der Waals surface area contributed by atoms with Gasteiger partial charge < -0.3 is 0 Å². The largest absolute Gasteiger partial charge is 0.0654 e. The van der Waals surface area contributed by atoms with E-state index in [0.717, 1.165) is 0 Å². The molecule has 0 rings (SSSR count). The summed E-state index contributed by atoms with van der Waals surface area (Å²) >= 11 is 0. The molecule has 116 valence electrons. The summed E-state index contributed by atoms with van der Waals surface area (Å²) in [7, 11) is 0. The smallest absolute Gasteiger partial charge is 0.0277 e. The molecule has 0 saturated heterocycles. The van der Waals surface area contributed by atoms with Gasteiger partial charge in [-0.1, -0.05) is 81.1 Å². The average molecular weight is 269 g/mol. The zero-order valence-electron chi connectivity index (χ0n) is 15.2. The fourth-order valence-electron chi connectivity index (χ4n) is 2.84. The van der Waals surface area contributed by atoms with Crippen molar-refractivity contribution in [1.29, 1.82) is 0 Å². The van der Waals surface area contributed by atoms with E-state index < -0.39 is 0 Å². The van der Waals surface area contributed by atoms with E-state index in [1.807, 2.05) is 0 Å². The molecule has 0 saturated carbocycles. The second-order valence-corrected chi connectivity index (χ2v) is 8.68. The van der Waals surface area contributed by atoms with Crippen molar-refractivity contribution in [3.8, 4) is 0 Å². The number of unbranched alkanes of at least 4 members (excludes halogenated alkanes) is 2. The van der Waals surface area contributed by atoms with E-state index in [4.69, 9.17) is 0 Å². The summed E-state index contributed by atoms with van der Waals surface area (Å²) < 4.78 is 0.